The molecule has 0 aromatic heterocycles. The van der Waals surface area contributed by atoms with E-state index in [0.717, 1.165) is 11.4 Å². The lowest BCUT2D eigenvalue weighted by Gasteiger charge is -2.34. The van der Waals surface area contributed by atoms with Crippen LogP contribution in [0.25, 0.3) is 33.4 Å². The Balaban J connectivity index is 1.26. The summed E-state index contributed by atoms with van der Waals surface area (Å²) in [6.45, 7) is 4.69. The third-order valence-corrected chi connectivity index (χ3v) is 10.5. The molecule has 0 atom stereocenters. The van der Waals surface area contributed by atoms with Crippen LogP contribution in [0.5, 0.6) is 0 Å². The van der Waals surface area contributed by atoms with Crippen molar-refractivity contribution in [3.63, 3.8) is 0 Å². The lowest BCUT2D eigenvalue weighted by atomic mass is 9.67. The fourth-order valence-corrected chi connectivity index (χ4v) is 8.37. The van der Waals surface area contributed by atoms with Crippen LogP contribution in [0.2, 0.25) is 0 Å². The van der Waals surface area contributed by atoms with Gasteiger partial charge in [0.05, 0.1) is 5.41 Å². The van der Waals surface area contributed by atoms with Crippen molar-refractivity contribution < 1.29 is 0 Å². The van der Waals surface area contributed by atoms with Crippen LogP contribution in [0, 0.1) is 0 Å². The minimum absolute atomic E-state index is 0.00751. The molecule has 0 heterocycles. The number of anilines is 2. The maximum absolute atomic E-state index is 3.66. The van der Waals surface area contributed by atoms with E-state index in [1.165, 1.54) is 66.8 Å². The highest BCUT2D eigenvalue weighted by molar-refractivity contribution is 5.88. The van der Waals surface area contributed by atoms with Gasteiger partial charge in [0.25, 0.3) is 0 Å². The second-order valence-electron chi connectivity index (χ2n) is 13.4. The van der Waals surface area contributed by atoms with Gasteiger partial charge < -0.3 is 5.32 Å². The minimum Gasteiger partial charge on any atom is -0.356 e. The third kappa shape index (κ3) is 4.09. The molecule has 0 fully saturated rings. The summed E-state index contributed by atoms with van der Waals surface area (Å²) in [4.78, 5) is 0. The van der Waals surface area contributed by atoms with Crippen molar-refractivity contribution >= 4 is 11.4 Å². The zero-order valence-corrected chi connectivity index (χ0v) is 26.7. The maximum atomic E-state index is 3.66. The van der Waals surface area contributed by atoms with E-state index in [2.05, 4.69) is 189 Å². The second kappa shape index (κ2) is 10.4. The molecule has 1 nitrogen and oxygen atoms in total. The number of hydrogen-bond donors (Lipinski definition) is 1. The van der Waals surface area contributed by atoms with Gasteiger partial charge in [0.2, 0.25) is 0 Å². The van der Waals surface area contributed by atoms with Crippen molar-refractivity contribution in [3.05, 3.63) is 203 Å². The molecule has 0 bridgehead atoms. The van der Waals surface area contributed by atoms with Crippen molar-refractivity contribution in [1.29, 1.82) is 0 Å². The van der Waals surface area contributed by atoms with Gasteiger partial charge in [0, 0.05) is 16.8 Å². The molecule has 0 radical (unpaired) electrons. The monoisotopic (exact) mass is 601 g/mol. The fourth-order valence-electron chi connectivity index (χ4n) is 8.37. The first kappa shape index (κ1) is 27.6. The summed E-state index contributed by atoms with van der Waals surface area (Å²) in [5.74, 6) is 0. The topological polar surface area (TPSA) is 12.0 Å². The Bertz CT molecular complexity index is 2260. The van der Waals surface area contributed by atoms with Crippen molar-refractivity contribution in [2.45, 2.75) is 24.7 Å². The molecule has 1 heteroatoms. The predicted octanol–water partition coefficient (Wildman–Crippen LogP) is 11.8. The molecule has 224 valence electrons. The highest BCUT2D eigenvalue weighted by atomic mass is 14.9. The smallest absolute Gasteiger partial charge is 0.0714 e. The van der Waals surface area contributed by atoms with Gasteiger partial charge in [-0.1, -0.05) is 147 Å². The molecule has 2 aliphatic carbocycles. The van der Waals surface area contributed by atoms with Crippen molar-refractivity contribution in [3.8, 4) is 33.4 Å². The molecule has 7 aromatic rings. The quantitative estimate of drug-likeness (QED) is 0.207. The van der Waals surface area contributed by atoms with Crippen LogP contribution in [0.15, 0.2) is 170 Å². The molecule has 47 heavy (non-hydrogen) atoms. The van der Waals surface area contributed by atoms with Gasteiger partial charge in [0.1, 0.15) is 0 Å². The molecule has 0 amide bonds. The molecule has 0 saturated carbocycles. The van der Waals surface area contributed by atoms with Gasteiger partial charge in [-0.25, -0.2) is 0 Å². The number of benzene rings is 7. The average molecular weight is 602 g/mol. The highest BCUT2D eigenvalue weighted by Crippen LogP contribution is 2.57. The van der Waals surface area contributed by atoms with E-state index in [-0.39, 0.29) is 5.41 Å². The Morgan fingerprint density at radius 2 is 0.872 bits per heavy atom. The molecular weight excluding hydrogens is 567 g/mol. The first-order chi connectivity index (χ1) is 23.0. The van der Waals surface area contributed by atoms with Crippen LogP contribution in [0.3, 0.4) is 0 Å². The second-order valence-corrected chi connectivity index (χ2v) is 13.4. The van der Waals surface area contributed by atoms with Crippen LogP contribution < -0.4 is 5.32 Å². The van der Waals surface area contributed by atoms with Gasteiger partial charge in [-0.2, -0.15) is 0 Å². The predicted molar refractivity (Wildman–Crippen MR) is 196 cm³/mol. The van der Waals surface area contributed by atoms with Crippen LogP contribution >= 0.6 is 0 Å². The van der Waals surface area contributed by atoms with Crippen LogP contribution in [-0.4, -0.2) is 0 Å². The summed E-state index contributed by atoms with van der Waals surface area (Å²) in [6.07, 6.45) is 0. The number of nitrogens with one attached hydrogen (secondary N) is 1. The number of para-hydroxylation sites is 1. The van der Waals surface area contributed by atoms with Crippen LogP contribution in [0.4, 0.5) is 11.4 Å². The molecule has 9 rings (SSSR count). The van der Waals surface area contributed by atoms with E-state index in [1.807, 2.05) is 0 Å². The zero-order chi connectivity index (χ0) is 31.6. The molecular formula is C46H35N. The molecule has 7 aromatic carbocycles. The summed E-state index contributed by atoms with van der Waals surface area (Å²) >= 11 is 0. The van der Waals surface area contributed by atoms with Crippen LogP contribution in [0.1, 0.15) is 47.2 Å². The number of fused-ring (bicyclic) bond motifs is 6. The Morgan fingerprint density at radius 1 is 0.362 bits per heavy atom. The molecule has 0 aliphatic heterocycles. The summed E-state index contributed by atoms with van der Waals surface area (Å²) < 4.78 is 0. The minimum atomic E-state index is -0.483. The van der Waals surface area contributed by atoms with Gasteiger partial charge >= 0.3 is 0 Å². The van der Waals surface area contributed by atoms with Gasteiger partial charge in [-0.05, 0) is 103 Å². The number of hydrogen-bond acceptors (Lipinski definition) is 1. The van der Waals surface area contributed by atoms with Crippen LogP contribution in [-0.2, 0) is 10.8 Å². The fraction of sp³-hybridized carbons (Fsp3) is 0.0870. The van der Waals surface area contributed by atoms with E-state index < -0.39 is 5.41 Å². The Hall–Kier alpha value is -5.66. The zero-order valence-electron chi connectivity index (χ0n) is 26.7. The van der Waals surface area contributed by atoms with Crippen molar-refractivity contribution in [1.82, 2.24) is 0 Å². The number of rotatable bonds is 5. The van der Waals surface area contributed by atoms with E-state index in [4.69, 9.17) is 0 Å². The first-order valence-electron chi connectivity index (χ1n) is 16.5. The summed E-state index contributed by atoms with van der Waals surface area (Å²) in [6, 6.07) is 62.6. The molecule has 0 unspecified atom stereocenters. The normalized spacial score (nSPS) is 14.5. The molecule has 1 N–H and O–H groups in total. The highest BCUT2D eigenvalue weighted by Gasteiger charge is 2.46. The maximum Gasteiger partial charge on any atom is 0.0714 e. The van der Waals surface area contributed by atoms with E-state index >= 15 is 0 Å². The molecule has 2 aliphatic rings. The molecule has 0 saturated heterocycles. The first-order valence-corrected chi connectivity index (χ1v) is 16.5. The van der Waals surface area contributed by atoms with Crippen molar-refractivity contribution in [2.75, 3.05) is 5.32 Å². The molecule has 0 spiro atoms. The lowest BCUT2D eigenvalue weighted by molar-refractivity contribution is 0.660. The van der Waals surface area contributed by atoms with E-state index in [9.17, 15) is 0 Å². The van der Waals surface area contributed by atoms with Gasteiger partial charge in [-0.15, -0.1) is 0 Å². The van der Waals surface area contributed by atoms with Crippen molar-refractivity contribution in [2.24, 2.45) is 0 Å². The SMILES string of the molecule is CC1(C)c2ccccc2-c2cc(-c3cccc(C4(c5cccc(Nc6ccccc6)c5)c5ccccc5-c5ccccc54)c3)ccc21. The Morgan fingerprint density at radius 3 is 1.57 bits per heavy atom. The third-order valence-electron chi connectivity index (χ3n) is 10.5. The van der Waals surface area contributed by atoms with Gasteiger partial charge in [-0.3, -0.25) is 0 Å². The largest absolute Gasteiger partial charge is 0.356 e. The standard InChI is InChI=1S/C46H35N/c1-45(2)41-23-9-6-22-39(41)40-29-32(26-27-42(40)45)31-14-12-15-33(28-31)46(34-16-13-19-36(30-34)47-35-17-4-3-5-18-35)43-24-10-7-20-37(43)38-21-8-11-25-44(38)46/h3-30,47H,1-2H3. The van der Waals surface area contributed by atoms with E-state index in [1.54, 1.807) is 0 Å². The summed E-state index contributed by atoms with van der Waals surface area (Å²) in [7, 11) is 0. The summed E-state index contributed by atoms with van der Waals surface area (Å²) in [5.41, 5.74) is 17.4. The van der Waals surface area contributed by atoms with Gasteiger partial charge in [0.15, 0.2) is 0 Å². The summed E-state index contributed by atoms with van der Waals surface area (Å²) in [5, 5.41) is 3.66. The Labute approximate surface area is 277 Å². The average Bonchev–Trinajstić information content (AvgIpc) is 3.55. The lowest BCUT2D eigenvalue weighted by Crippen LogP contribution is -2.28. The van der Waals surface area contributed by atoms with E-state index in [0.29, 0.717) is 0 Å². The Kier molecular flexibility index (Phi) is 6.14.